The van der Waals surface area contributed by atoms with E-state index in [-0.39, 0.29) is 6.04 Å². The monoisotopic (exact) mass is 227 g/mol. The van der Waals surface area contributed by atoms with Crippen molar-refractivity contribution >= 4 is 17.7 Å². The van der Waals surface area contributed by atoms with Gasteiger partial charge in [0.25, 0.3) is 0 Å². The van der Waals surface area contributed by atoms with E-state index in [1.807, 2.05) is 11.8 Å². The van der Waals surface area contributed by atoms with Gasteiger partial charge in [0.1, 0.15) is 6.04 Å². The van der Waals surface area contributed by atoms with Crippen LogP contribution in [0.25, 0.3) is 0 Å². The van der Waals surface area contributed by atoms with Crippen LogP contribution in [-0.4, -0.2) is 28.2 Å². The summed E-state index contributed by atoms with van der Waals surface area (Å²) in [5.41, 5.74) is 0. The summed E-state index contributed by atoms with van der Waals surface area (Å²) in [6, 6.07) is -0.306. The molecule has 0 aromatic rings. The van der Waals surface area contributed by atoms with Crippen molar-refractivity contribution in [2.75, 3.05) is 5.75 Å². The molecule has 0 spiro atoms. The molecular weight excluding hydrogens is 210 g/mol. The van der Waals surface area contributed by atoms with Gasteiger partial charge in [-0.25, -0.2) is 0 Å². The number of aliphatic carboxylic acids is 1. The van der Waals surface area contributed by atoms with Gasteiger partial charge in [-0.2, -0.15) is 0 Å². The van der Waals surface area contributed by atoms with Crippen LogP contribution in [0.1, 0.15) is 25.7 Å². The molecular formula is C11H17NO2S. The molecule has 3 nitrogen and oxygen atoms in total. The zero-order valence-corrected chi connectivity index (χ0v) is 9.50. The van der Waals surface area contributed by atoms with Crippen molar-refractivity contribution < 1.29 is 9.90 Å². The van der Waals surface area contributed by atoms with Crippen molar-refractivity contribution in [2.45, 2.75) is 37.1 Å². The lowest BCUT2D eigenvalue weighted by atomic mass is 9.88. The Hall–Kier alpha value is -0.220. The van der Waals surface area contributed by atoms with E-state index in [0.29, 0.717) is 5.37 Å². The molecule has 1 saturated heterocycles. The summed E-state index contributed by atoms with van der Waals surface area (Å²) in [7, 11) is 0. The number of thioether (sulfide) groups is 1. The summed E-state index contributed by atoms with van der Waals surface area (Å²) in [4.78, 5) is 10.8. The first-order chi connectivity index (χ1) is 7.24. The third kappa shape index (κ3) is 1.68. The van der Waals surface area contributed by atoms with Gasteiger partial charge in [-0.3, -0.25) is 10.1 Å². The maximum Gasteiger partial charge on any atom is 0.321 e. The minimum absolute atomic E-state index is 0.306. The lowest BCUT2D eigenvalue weighted by Gasteiger charge is -2.27. The minimum Gasteiger partial charge on any atom is -0.480 e. The van der Waals surface area contributed by atoms with Crippen molar-refractivity contribution in [3.8, 4) is 0 Å². The Morgan fingerprint density at radius 1 is 1.33 bits per heavy atom. The normalized spacial score (nSPS) is 48.7. The zero-order valence-electron chi connectivity index (χ0n) is 8.69. The summed E-state index contributed by atoms with van der Waals surface area (Å²) >= 11 is 1.82. The van der Waals surface area contributed by atoms with E-state index in [0.717, 1.165) is 23.5 Å². The first-order valence-corrected chi connectivity index (χ1v) is 6.89. The van der Waals surface area contributed by atoms with Gasteiger partial charge >= 0.3 is 5.97 Å². The average Bonchev–Trinajstić information content (AvgIpc) is 2.93. The molecule has 0 aromatic heterocycles. The fourth-order valence-corrected chi connectivity index (χ4v) is 5.03. The molecule has 2 saturated carbocycles. The number of fused-ring (bicyclic) bond motifs is 2. The molecule has 3 rings (SSSR count). The van der Waals surface area contributed by atoms with Crippen LogP contribution < -0.4 is 5.32 Å². The molecule has 0 aromatic carbocycles. The van der Waals surface area contributed by atoms with E-state index in [9.17, 15) is 4.79 Å². The summed E-state index contributed by atoms with van der Waals surface area (Å²) < 4.78 is 0. The Bertz CT molecular complexity index is 284. The van der Waals surface area contributed by atoms with Crippen molar-refractivity contribution in [1.82, 2.24) is 5.32 Å². The minimum atomic E-state index is -0.687. The number of hydrogen-bond donors (Lipinski definition) is 2. The molecule has 4 heteroatoms. The van der Waals surface area contributed by atoms with Gasteiger partial charge in [0.15, 0.2) is 0 Å². The lowest BCUT2D eigenvalue weighted by molar-refractivity contribution is -0.138. The Morgan fingerprint density at radius 2 is 2.20 bits per heavy atom. The fraction of sp³-hybridized carbons (Fsp3) is 0.909. The molecule has 2 N–H and O–H groups in total. The smallest absolute Gasteiger partial charge is 0.321 e. The highest BCUT2D eigenvalue weighted by Crippen LogP contribution is 2.51. The molecule has 2 aliphatic carbocycles. The molecule has 0 radical (unpaired) electrons. The van der Waals surface area contributed by atoms with E-state index in [2.05, 4.69) is 5.32 Å². The molecule has 5 atom stereocenters. The van der Waals surface area contributed by atoms with Crippen LogP contribution in [0, 0.1) is 17.8 Å². The number of carboxylic acids is 1. The van der Waals surface area contributed by atoms with E-state index in [1.54, 1.807) is 0 Å². The number of rotatable bonds is 2. The van der Waals surface area contributed by atoms with Crippen LogP contribution in [0.3, 0.4) is 0 Å². The molecule has 1 heterocycles. The Balaban J connectivity index is 1.63. The van der Waals surface area contributed by atoms with Gasteiger partial charge in [0.2, 0.25) is 0 Å². The van der Waals surface area contributed by atoms with Crippen LogP contribution >= 0.6 is 11.8 Å². The summed E-state index contributed by atoms with van der Waals surface area (Å²) in [5.74, 6) is 2.64. The van der Waals surface area contributed by atoms with Gasteiger partial charge in [0, 0.05) is 5.75 Å². The first kappa shape index (κ1) is 9.97. The van der Waals surface area contributed by atoms with Crippen molar-refractivity contribution in [3.05, 3.63) is 0 Å². The molecule has 0 amide bonds. The van der Waals surface area contributed by atoms with Crippen molar-refractivity contribution in [3.63, 3.8) is 0 Å². The highest BCUT2D eigenvalue weighted by atomic mass is 32.2. The summed E-state index contributed by atoms with van der Waals surface area (Å²) in [6.45, 7) is 0. The Kier molecular flexibility index (Phi) is 2.44. The molecule has 3 fully saturated rings. The van der Waals surface area contributed by atoms with Gasteiger partial charge in [-0.15, -0.1) is 11.8 Å². The molecule has 4 unspecified atom stereocenters. The molecule has 84 valence electrons. The second-order valence-corrected chi connectivity index (χ2v) is 6.32. The second-order valence-electron chi connectivity index (χ2n) is 5.15. The van der Waals surface area contributed by atoms with E-state index < -0.39 is 5.97 Å². The SMILES string of the molecule is O=C(O)[C@H]1CSC(C2CC3CCC2C3)N1. The highest BCUT2D eigenvalue weighted by Gasteiger charge is 2.46. The second kappa shape index (κ2) is 3.67. The predicted molar refractivity (Wildman–Crippen MR) is 59.7 cm³/mol. The van der Waals surface area contributed by atoms with E-state index in [1.165, 1.54) is 25.7 Å². The van der Waals surface area contributed by atoms with E-state index >= 15 is 0 Å². The molecule has 2 bridgehead atoms. The standard InChI is InChI=1S/C11H17NO2S/c13-11(14)9-5-15-10(12-9)8-4-6-1-2-7(8)3-6/h6-10,12H,1-5H2,(H,13,14)/t6?,7?,8?,9-,10?/m1/s1. The average molecular weight is 227 g/mol. The van der Waals surface area contributed by atoms with Crippen molar-refractivity contribution in [1.29, 1.82) is 0 Å². The largest absolute Gasteiger partial charge is 0.480 e. The third-order valence-electron chi connectivity index (χ3n) is 4.29. The Morgan fingerprint density at radius 3 is 2.73 bits per heavy atom. The Labute approximate surface area is 94.0 Å². The quantitative estimate of drug-likeness (QED) is 0.751. The highest BCUT2D eigenvalue weighted by molar-refractivity contribution is 8.00. The topological polar surface area (TPSA) is 49.3 Å². The van der Waals surface area contributed by atoms with E-state index in [4.69, 9.17) is 5.11 Å². The molecule has 3 aliphatic rings. The lowest BCUT2D eigenvalue weighted by Crippen LogP contribution is -2.40. The zero-order chi connectivity index (χ0) is 10.4. The third-order valence-corrected chi connectivity index (χ3v) is 5.66. The maximum atomic E-state index is 10.8. The van der Waals surface area contributed by atoms with Crippen LogP contribution in [0.5, 0.6) is 0 Å². The first-order valence-electron chi connectivity index (χ1n) is 5.84. The number of carboxylic acid groups (broad SMARTS) is 1. The summed E-state index contributed by atoms with van der Waals surface area (Å²) in [5, 5.41) is 12.6. The van der Waals surface area contributed by atoms with Crippen LogP contribution in [-0.2, 0) is 4.79 Å². The van der Waals surface area contributed by atoms with Gasteiger partial charge in [-0.05, 0) is 37.0 Å². The predicted octanol–water partition coefficient (Wildman–Crippen LogP) is 1.54. The fourth-order valence-electron chi connectivity index (χ4n) is 3.55. The summed E-state index contributed by atoms with van der Waals surface area (Å²) in [6.07, 6.45) is 5.54. The number of carbonyl (C=O) groups is 1. The van der Waals surface area contributed by atoms with Crippen LogP contribution in [0.15, 0.2) is 0 Å². The number of hydrogen-bond acceptors (Lipinski definition) is 3. The van der Waals surface area contributed by atoms with Gasteiger partial charge in [0.05, 0.1) is 5.37 Å². The number of nitrogens with one attached hydrogen (secondary N) is 1. The van der Waals surface area contributed by atoms with Gasteiger partial charge < -0.3 is 5.11 Å². The van der Waals surface area contributed by atoms with Crippen LogP contribution in [0.4, 0.5) is 0 Å². The van der Waals surface area contributed by atoms with Crippen LogP contribution in [0.2, 0.25) is 0 Å². The van der Waals surface area contributed by atoms with Crippen molar-refractivity contribution in [2.24, 2.45) is 17.8 Å². The molecule has 1 aliphatic heterocycles. The maximum absolute atomic E-state index is 10.8. The molecule has 15 heavy (non-hydrogen) atoms. The van der Waals surface area contributed by atoms with Gasteiger partial charge in [-0.1, -0.05) is 6.42 Å².